The molecule has 1 aliphatic heterocycles. The fraction of sp³-hybridized carbons (Fsp3) is 0.250. The van der Waals surface area contributed by atoms with Crippen molar-refractivity contribution in [2.75, 3.05) is 41.7 Å². The van der Waals surface area contributed by atoms with E-state index in [0.29, 0.717) is 22.1 Å². The molecule has 0 saturated carbocycles. The van der Waals surface area contributed by atoms with Crippen molar-refractivity contribution in [2.24, 2.45) is 0 Å². The van der Waals surface area contributed by atoms with E-state index in [1.54, 1.807) is 6.20 Å². The maximum atomic E-state index is 11.4. The molecule has 1 amide bonds. The van der Waals surface area contributed by atoms with Gasteiger partial charge in [0.15, 0.2) is 5.82 Å². The lowest BCUT2D eigenvalue weighted by Gasteiger charge is -2.29. The van der Waals surface area contributed by atoms with Crippen LogP contribution in [0, 0.1) is 0 Å². The highest BCUT2D eigenvalue weighted by Gasteiger charge is 2.11. The number of hydrogen-bond acceptors (Lipinski definition) is 7. The second kappa shape index (κ2) is 8.04. The number of amides is 1. The highest BCUT2D eigenvalue weighted by atomic mass is 79.9. The van der Waals surface area contributed by atoms with Gasteiger partial charge in [0.05, 0.1) is 16.4 Å². The van der Waals surface area contributed by atoms with E-state index in [0.717, 1.165) is 31.9 Å². The number of carbonyl (C=O) groups is 1. The average molecular weight is 404 g/mol. The molecule has 0 aliphatic carbocycles. The van der Waals surface area contributed by atoms with E-state index in [4.69, 9.17) is 0 Å². The monoisotopic (exact) mass is 403 g/mol. The maximum absolute atomic E-state index is 11.4. The molecule has 3 heterocycles. The molecule has 0 unspecified atom stereocenters. The summed E-state index contributed by atoms with van der Waals surface area (Å²) >= 11 is 3.30. The summed E-state index contributed by atoms with van der Waals surface area (Å²) in [5, 5.41) is 8.97. The number of piperazine rings is 1. The summed E-state index contributed by atoms with van der Waals surface area (Å²) in [7, 11) is 0. The van der Waals surface area contributed by atoms with Gasteiger partial charge in [-0.1, -0.05) is 6.58 Å². The van der Waals surface area contributed by atoms with Crippen LogP contribution in [-0.4, -0.2) is 47.0 Å². The van der Waals surface area contributed by atoms with E-state index in [1.165, 1.54) is 6.08 Å². The predicted octanol–water partition coefficient (Wildman–Crippen LogP) is 1.91. The Morgan fingerprint density at radius 3 is 2.76 bits per heavy atom. The van der Waals surface area contributed by atoms with Gasteiger partial charge in [0.1, 0.15) is 5.82 Å². The van der Waals surface area contributed by atoms with Crippen molar-refractivity contribution in [2.45, 2.75) is 0 Å². The van der Waals surface area contributed by atoms with Crippen LogP contribution in [0.4, 0.5) is 23.3 Å². The summed E-state index contributed by atoms with van der Waals surface area (Å²) < 4.78 is 0.579. The Labute approximate surface area is 153 Å². The average Bonchev–Trinajstić information content (AvgIpc) is 2.65. The highest BCUT2D eigenvalue weighted by molar-refractivity contribution is 9.10. The molecule has 2 aromatic rings. The van der Waals surface area contributed by atoms with Crippen LogP contribution in [0.25, 0.3) is 0 Å². The lowest BCUT2D eigenvalue weighted by Crippen LogP contribution is -2.43. The minimum atomic E-state index is -0.344. The number of nitrogens with one attached hydrogen (secondary N) is 3. The van der Waals surface area contributed by atoms with Gasteiger partial charge in [-0.05, 0) is 34.1 Å². The van der Waals surface area contributed by atoms with E-state index in [9.17, 15) is 4.79 Å². The topological polar surface area (TPSA) is 95.1 Å². The van der Waals surface area contributed by atoms with E-state index >= 15 is 0 Å². The summed E-state index contributed by atoms with van der Waals surface area (Å²) in [4.78, 5) is 26.6. The summed E-state index contributed by atoms with van der Waals surface area (Å²) in [6.45, 7) is 7.31. The molecule has 1 fully saturated rings. The normalized spacial score (nSPS) is 14.0. The molecular weight excluding hydrogens is 386 g/mol. The van der Waals surface area contributed by atoms with Crippen LogP contribution in [0.2, 0.25) is 0 Å². The number of pyridine rings is 1. The SMILES string of the molecule is C=CC(=O)Nc1nc(Nc2ccc(N3CCNCC3)cn2)ncc1Br. The number of anilines is 4. The molecule has 9 heteroatoms. The molecule has 1 saturated heterocycles. The third-order valence-corrected chi connectivity index (χ3v) is 4.22. The van der Waals surface area contributed by atoms with E-state index in [1.807, 2.05) is 18.3 Å². The first kappa shape index (κ1) is 17.3. The molecule has 3 N–H and O–H groups in total. The zero-order valence-corrected chi connectivity index (χ0v) is 15.1. The lowest BCUT2D eigenvalue weighted by molar-refractivity contribution is -0.111. The van der Waals surface area contributed by atoms with Crippen molar-refractivity contribution >= 4 is 45.1 Å². The molecule has 0 radical (unpaired) electrons. The van der Waals surface area contributed by atoms with Crippen molar-refractivity contribution in [1.29, 1.82) is 0 Å². The third kappa shape index (κ3) is 4.52. The van der Waals surface area contributed by atoms with Crippen LogP contribution in [0.15, 0.2) is 41.7 Å². The van der Waals surface area contributed by atoms with Crippen LogP contribution >= 0.6 is 15.9 Å². The van der Waals surface area contributed by atoms with E-state index < -0.39 is 0 Å². The zero-order valence-electron chi connectivity index (χ0n) is 13.5. The minimum Gasteiger partial charge on any atom is -0.368 e. The van der Waals surface area contributed by atoms with Gasteiger partial charge < -0.3 is 20.9 Å². The van der Waals surface area contributed by atoms with Gasteiger partial charge in [-0.25, -0.2) is 9.97 Å². The lowest BCUT2D eigenvalue weighted by atomic mass is 10.3. The van der Waals surface area contributed by atoms with Gasteiger partial charge in [-0.2, -0.15) is 4.98 Å². The fourth-order valence-corrected chi connectivity index (χ4v) is 2.66. The van der Waals surface area contributed by atoms with E-state index in [-0.39, 0.29) is 5.91 Å². The highest BCUT2D eigenvalue weighted by Crippen LogP contribution is 2.22. The number of nitrogens with zero attached hydrogens (tertiary/aromatic N) is 4. The Morgan fingerprint density at radius 2 is 2.08 bits per heavy atom. The Bertz CT molecular complexity index is 760. The molecule has 3 rings (SSSR count). The number of halogens is 1. The van der Waals surface area contributed by atoms with E-state index in [2.05, 4.69) is 58.3 Å². The molecule has 0 atom stereocenters. The first-order valence-electron chi connectivity index (χ1n) is 7.80. The van der Waals surface area contributed by atoms with Crippen molar-refractivity contribution in [1.82, 2.24) is 20.3 Å². The molecule has 130 valence electrons. The van der Waals surface area contributed by atoms with Crippen molar-refractivity contribution in [3.63, 3.8) is 0 Å². The molecule has 0 spiro atoms. The maximum Gasteiger partial charge on any atom is 0.248 e. The Balaban J connectivity index is 1.70. The largest absolute Gasteiger partial charge is 0.368 e. The molecular formula is C16H18BrN7O. The summed E-state index contributed by atoms with van der Waals surface area (Å²) in [5.41, 5.74) is 1.09. The van der Waals surface area contributed by atoms with Gasteiger partial charge >= 0.3 is 0 Å². The standard InChI is InChI=1S/C16H18BrN7O/c1-2-14(25)22-15-12(17)10-20-16(23-15)21-13-4-3-11(9-19-13)24-7-5-18-6-8-24/h2-4,9-10,18H,1,5-8H2,(H2,19,20,21,22,23,25). The Morgan fingerprint density at radius 1 is 1.28 bits per heavy atom. The number of carbonyl (C=O) groups excluding carboxylic acids is 1. The Kier molecular flexibility index (Phi) is 5.56. The van der Waals surface area contributed by atoms with Gasteiger partial charge in [0.25, 0.3) is 0 Å². The molecule has 2 aromatic heterocycles. The van der Waals surface area contributed by atoms with Crippen molar-refractivity contribution < 1.29 is 4.79 Å². The van der Waals surface area contributed by atoms with Crippen molar-refractivity contribution in [3.05, 3.63) is 41.7 Å². The van der Waals surface area contributed by atoms with Gasteiger partial charge in [-0.3, -0.25) is 4.79 Å². The predicted molar refractivity (Wildman–Crippen MR) is 101 cm³/mol. The second-order valence-electron chi connectivity index (χ2n) is 5.35. The van der Waals surface area contributed by atoms with Crippen LogP contribution in [0.1, 0.15) is 0 Å². The summed E-state index contributed by atoms with van der Waals surface area (Å²) in [6.07, 6.45) is 4.56. The fourth-order valence-electron chi connectivity index (χ4n) is 2.37. The van der Waals surface area contributed by atoms with Crippen LogP contribution in [-0.2, 0) is 4.79 Å². The van der Waals surface area contributed by atoms with Crippen LogP contribution in [0.5, 0.6) is 0 Å². The third-order valence-electron chi connectivity index (χ3n) is 3.64. The second-order valence-corrected chi connectivity index (χ2v) is 6.20. The van der Waals surface area contributed by atoms with Gasteiger partial charge in [0.2, 0.25) is 11.9 Å². The first-order chi connectivity index (χ1) is 12.2. The number of aromatic nitrogens is 3. The van der Waals surface area contributed by atoms with Gasteiger partial charge in [0, 0.05) is 32.4 Å². The molecule has 1 aliphatic rings. The quantitative estimate of drug-likeness (QED) is 0.656. The summed E-state index contributed by atoms with van der Waals surface area (Å²) in [5.74, 6) is 0.982. The smallest absolute Gasteiger partial charge is 0.248 e. The van der Waals surface area contributed by atoms with Crippen LogP contribution in [0.3, 0.4) is 0 Å². The first-order valence-corrected chi connectivity index (χ1v) is 8.60. The van der Waals surface area contributed by atoms with Crippen LogP contribution < -0.4 is 20.9 Å². The molecule has 0 bridgehead atoms. The molecule has 25 heavy (non-hydrogen) atoms. The summed E-state index contributed by atoms with van der Waals surface area (Å²) in [6, 6.07) is 3.89. The number of hydrogen-bond donors (Lipinski definition) is 3. The molecule has 8 nitrogen and oxygen atoms in total. The Hall–Kier alpha value is -2.52. The van der Waals surface area contributed by atoms with Gasteiger partial charge in [-0.15, -0.1) is 0 Å². The van der Waals surface area contributed by atoms with Crippen molar-refractivity contribution in [3.8, 4) is 0 Å². The molecule has 0 aromatic carbocycles. The number of rotatable bonds is 5. The minimum absolute atomic E-state index is 0.338. The zero-order chi connectivity index (χ0) is 17.6.